The van der Waals surface area contributed by atoms with E-state index in [1.807, 2.05) is 54.3 Å². The topological polar surface area (TPSA) is 121 Å². The second kappa shape index (κ2) is 14.6. The fraction of sp³-hybridized carbons (Fsp3) is 0.419. The molecule has 57 heavy (non-hydrogen) atoms. The Labute approximate surface area is 332 Å². The van der Waals surface area contributed by atoms with Gasteiger partial charge in [-0.15, -0.1) is 0 Å². The lowest BCUT2D eigenvalue weighted by molar-refractivity contribution is -0.141. The van der Waals surface area contributed by atoms with Gasteiger partial charge in [-0.05, 0) is 109 Å². The van der Waals surface area contributed by atoms with Crippen molar-refractivity contribution in [3.05, 3.63) is 92.5 Å². The first kappa shape index (κ1) is 37.9. The summed E-state index contributed by atoms with van der Waals surface area (Å²) < 4.78 is 62.8. The summed E-state index contributed by atoms with van der Waals surface area (Å²) in [6.07, 6.45) is -2.04. The van der Waals surface area contributed by atoms with Crippen LogP contribution in [0.3, 0.4) is 0 Å². The average Bonchev–Trinajstić information content (AvgIpc) is 4.02. The van der Waals surface area contributed by atoms with Gasteiger partial charge in [-0.2, -0.15) is 18.2 Å². The predicted molar refractivity (Wildman–Crippen MR) is 206 cm³/mol. The van der Waals surface area contributed by atoms with E-state index in [2.05, 4.69) is 14.9 Å². The maximum absolute atomic E-state index is 14.9. The number of carboxylic acid groups (broad SMARTS) is 1. The number of pyridine rings is 1. The van der Waals surface area contributed by atoms with Crippen LogP contribution in [-0.2, 0) is 30.4 Å². The number of likely N-dealkylation sites (tertiary alicyclic amines) is 2. The molecule has 2 N–H and O–H groups in total. The Morgan fingerprint density at radius 3 is 2.46 bits per heavy atom. The summed E-state index contributed by atoms with van der Waals surface area (Å²) in [5.74, 6) is -0.610. The van der Waals surface area contributed by atoms with Gasteiger partial charge in [-0.3, -0.25) is 14.6 Å². The van der Waals surface area contributed by atoms with Gasteiger partial charge >= 0.3 is 12.1 Å². The summed E-state index contributed by atoms with van der Waals surface area (Å²) in [6.45, 7) is 4.66. The van der Waals surface area contributed by atoms with Crippen molar-refractivity contribution < 1.29 is 42.1 Å². The lowest BCUT2D eigenvalue weighted by Gasteiger charge is -2.25. The molecule has 3 aromatic carbocycles. The van der Waals surface area contributed by atoms with E-state index in [9.17, 15) is 28.2 Å². The average molecular weight is 803 g/mol. The lowest BCUT2D eigenvalue weighted by Crippen LogP contribution is -2.26. The van der Waals surface area contributed by atoms with Gasteiger partial charge < -0.3 is 24.1 Å². The predicted octanol–water partition coefficient (Wildman–Crippen LogP) is 8.57. The largest absolute Gasteiger partial charge is 0.481 e. The monoisotopic (exact) mass is 802 g/mol. The van der Waals surface area contributed by atoms with Gasteiger partial charge in [0, 0.05) is 43.3 Å². The molecule has 5 aromatic rings. The number of aliphatic carboxylic acids is 1. The van der Waals surface area contributed by atoms with Crippen molar-refractivity contribution >= 4 is 28.7 Å². The Morgan fingerprint density at radius 1 is 0.947 bits per heavy atom. The molecule has 2 fully saturated rings. The number of ether oxygens (including phenoxy) is 2. The fourth-order valence-corrected chi connectivity index (χ4v) is 9.76. The molecule has 4 aliphatic rings. The normalized spacial score (nSPS) is 22.4. The van der Waals surface area contributed by atoms with Crippen molar-refractivity contribution in [1.29, 1.82) is 0 Å². The molecule has 14 heteroatoms. The van der Waals surface area contributed by atoms with Crippen LogP contribution < -0.4 is 9.47 Å². The Balaban J connectivity index is 1.02. The van der Waals surface area contributed by atoms with Crippen molar-refractivity contribution in [3.8, 4) is 34.3 Å². The van der Waals surface area contributed by atoms with E-state index in [1.165, 1.54) is 0 Å². The molecule has 0 bridgehead atoms. The summed E-state index contributed by atoms with van der Waals surface area (Å²) >= 11 is 6.74. The maximum atomic E-state index is 14.9. The molecule has 0 radical (unpaired) electrons. The molecule has 2 saturated heterocycles. The third-order valence-electron chi connectivity index (χ3n) is 12.3. The molecule has 2 aliphatic heterocycles. The van der Waals surface area contributed by atoms with Gasteiger partial charge in [0.05, 0.1) is 19.1 Å². The van der Waals surface area contributed by atoms with Gasteiger partial charge in [0.2, 0.25) is 17.7 Å². The van der Waals surface area contributed by atoms with Crippen LogP contribution in [-0.4, -0.2) is 75.3 Å². The molecule has 0 saturated carbocycles. The molecule has 2 aromatic heterocycles. The Hall–Kier alpha value is -4.69. The van der Waals surface area contributed by atoms with E-state index in [1.54, 1.807) is 13.2 Å². The molecular weight excluding hydrogens is 761 g/mol. The number of oxazole rings is 1. The van der Waals surface area contributed by atoms with E-state index in [0.29, 0.717) is 67.5 Å². The number of halogens is 4. The Morgan fingerprint density at radius 2 is 1.72 bits per heavy atom. The molecule has 4 atom stereocenters. The minimum Gasteiger partial charge on any atom is -0.481 e. The number of rotatable bonds is 9. The van der Waals surface area contributed by atoms with Crippen LogP contribution in [0.5, 0.6) is 11.8 Å². The summed E-state index contributed by atoms with van der Waals surface area (Å²) in [6, 6.07) is 14.9. The van der Waals surface area contributed by atoms with E-state index in [-0.39, 0.29) is 53.1 Å². The minimum absolute atomic E-state index is 0.106. The first-order valence-corrected chi connectivity index (χ1v) is 19.8. The molecule has 0 amide bonds. The Kier molecular flexibility index (Phi) is 9.70. The SMILES string of the molecule is COc1nc(O[C@H]2CCc3c(-c4cccc(-c5nc6cc7c(c(C(F)(F)F)c6o5)CC[C@H]7N5CC[C@@H](C(=O)O)C5)c4C)cccc32)c(Cl)cc1CN1CC[C@@H](O)C1. The zero-order valence-corrected chi connectivity index (χ0v) is 32.3. The van der Waals surface area contributed by atoms with Crippen LogP contribution in [0, 0.1) is 12.8 Å². The van der Waals surface area contributed by atoms with Gasteiger partial charge in [-0.25, -0.2) is 4.98 Å². The number of hydrogen-bond donors (Lipinski definition) is 2. The number of β-amino-alcohol motifs (C(OH)–C–C–N with tert-alkyl or cyclic N) is 1. The van der Waals surface area contributed by atoms with Gasteiger partial charge in [0.1, 0.15) is 22.2 Å². The van der Waals surface area contributed by atoms with Crippen LogP contribution >= 0.6 is 11.6 Å². The van der Waals surface area contributed by atoms with Crippen LogP contribution in [0.2, 0.25) is 5.02 Å². The van der Waals surface area contributed by atoms with Gasteiger partial charge in [-0.1, -0.05) is 41.9 Å². The fourth-order valence-electron chi connectivity index (χ4n) is 9.54. The number of aliphatic hydroxyl groups is 1. The van der Waals surface area contributed by atoms with E-state index in [0.717, 1.165) is 52.8 Å². The van der Waals surface area contributed by atoms with Gasteiger partial charge in [0.15, 0.2) is 5.58 Å². The van der Waals surface area contributed by atoms with Crippen molar-refractivity contribution in [3.63, 3.8) is 0 Å². The first-order chi connectivity index (χ1) is 27.4. The van der Waals surface area contributed by atoms with Crippen molar-refractivity contribution in [2.75, 3.05) is 33.3 Å². The maximum Gasteiger partial charge on any atom is 0.420 e. The molecule has 10 nitrogen and oxygen atoms in total. The highest BCUT2D eigenvalue weighted by molar-refractivity contribution is 6.31. The van der Waals surface area contributed by atoms with Crippen LogP contribution in [0.1, 0.15) is 76.8 Å². The van der Waals surface area contributed by atoms with Crippen molar-refractivity contribution in [2.45, 2.75) is 76.4 Å². The highest BCUT2D eigenvalue weighted by atomic mass is 35.5. The van der Waals surface area contributed by atoms with Crippen molar-refractivity contribution in [1.82, 2.24) is 19.8 Å². The minimum atomic E-state index is -4.67. The number of carboxylic acids is 1. The highest BCUT2D eigenvalue weighted by Gasteiger charge is 2.44. The van der Waals surface area contributed by atoms with Gasteiger partial charge in [0.25, 0.3) is 0 Å². The number of nitrogens with zero attached hydrogens (tertiary/aromatic N) is 4. The summed E-state index contributed by atoms with van der Waals surface area (Å²) in [4.78, 5) is 25.1. The summed E-state index contributed by atoms with van der Waals surface area (Å²) in [7, 11) is 1.56. The molecule has 0 unspecified atom stereocenters. The third kappa shape index (κ3) is 6.81. The lowest BCUT2D eigenvalue weighted by atomic mass is 9.91. The molecule has 4 heterocycles. The zero-order chi connectivity index (χ0) is 39.7. The first-order valence-electron chi connectivity index (χ1n) is 19.4. The van der Waals surface area contributed by atoms with E-state index in [4.69, 9.17) is 25.5 Å². The molecule has 9 rings (SSSR count). The van der Waals surface area contributed by atoms with Crippen molar-refractivity contribution in [2.24, 2.45) is 5.92 Å². The zero-order valence-electron chi connectivity index (χ0n) is 31.5. The van der Waals surface area contributed by atoms with Crippen LogP contribution in [0.15, 0.2) is 52.9 Å². The quantitative estimate of drug-likeness (QED) is 0.150. The number of alkyl halides is 3. The highest BCUT2D eigenvalue weighted by Crippen LogP contribution is 2.49. The number of aromatic nitrogens is 2. The standard InChI is InChI=1S/C43H42ClF3N4O6/c1-22-26(28-7-4-8-30-29(28)10-12-36(30)56-41-33(44)17-24(39(49-41)55-2)19-50-15-14-25(52)21-50)5-3-6-27(22)40-48-34-18-32-31(37(38(34)57-40)43(45,46)47)9-11-35(32)51-16-13-23(20-51)42(53)54/h3-8,17-18,23,25,35-36,52H,9-16,19-21H2,1-2H3,(H,53,54)/t23-,25-,35-,36+/m1/s1. The second-order valence-electron chi connectivity index (χ2n) is 15.7. The number of benzene rings is 3. The Bertz CT molecular complexity index is 2400. The second-order valence-corrected chi connectivity index (χ2v) is 16.1. The smallest absolute Gasteiger partial charge is 0.420 e. The van der Waals surface area contributed by atoms with Crippen LogP contribution in [0.4, 0.5) is 13.2 Å². The number of fused-ring (bicyclic) bond motifs is 3. The molecule has 298 valence electrons. The summed E-state index contributed by atoms with van der Waals surface area (Å²) in [5.41, 5.74) is 6.02. The van der Waals surface area contributed by atoms with E-state index < -0.39 is 23.6 Å². The number of carbonyl (C=O) groups is 1. The number of aliphatic hydroxyl groups excluding tert-OH is 1. The third-order valence-corrected chi connectivity index (χ3v) is 12.6. The number of methoxy groups -OCH3 is 1. The number of hydrogen-bond acceptors (Lipinski definition) is 9. The molecule has 0 spiro atoms. The summed E-state index contributed by atoms with van der Waals surface area (Å²) in [5, 5.41) is 19.9. The molecule has 2 aliphatic carbocycles. The van der Waals surface area contributed by atoms with E-state index >= 15 is 0 Å². The van der Waals surface area contributed by atoms with Crippen LogP contribution in [0.25, 0.3) is 33.7 Å². The molecular formula is C43H42ClF3N4O6.